The molecule has 0 rings (SSSR count). The van der Waals surface area contributed by atoms with Crippen molar-refractivity contribution in [2.75, 3.05) is 25.1 Å². The second kappa shape index (κ2) is 21.3. The van der Waals surface area contributed by atoms with E-state index in [9.17, 15) is 46.8 Å². The highest BCUT2D eigenvalue weighted by Crippen LogP contribution is 2.21. The van der Waals surface area contributed by atoms with Crippen LogP contribution in [0.2, 0.25) is 0 Å². The van der Waals surface area contributed by atoms with Crippen LogP contribution in [0.3, 0.4) is 0 Å². The lowest BCUT2D eigenvalue weighted by Crippen LogP contribution is -2.22. The van der Waals surface area contributed by atoms with E-state index in [1.807, 2.05) is 0 Å². The molecule has 0 aliphatic carbocycles. The first kappa shape index (κ1) is 44.2. The van der Waals surface area contributed by atoms with Gasteiger partial charge in [0.25, 0.3) is 0 Å². The third kappa shape index (κ3) is 40.3. The van der Waals surface area contributed by atoms with Crippen LogP contribution in [0.1, 0.15) is 28.2 Å². The molecule has 0 N–H and O–H groups in total. The van der Waals surface area contributed by atoms with Gasteiger partial charge in [0, 0.05) is 32.2 Å². The van der Waals surface area contributed by atoms with Gasteiger partial charge >= 0.3 is 11.9 Å². The van der Waals surface area contributed by atoms with Crippen molar-refractivity contribution in [3.8, 4) is 0 Å². The van der Waals surface area contributed by atoms with Crippen LogP contribution in [0.25, 0.3) is 0 Å². The molecule has 0 spiro atoms. The summed E-state index contributed by atoms with van der Waals surface area (Å²) < 4.78 is 48.8. The van der Waals surface area contributed by atoms with E-state index < -0.39 is 60.8 Å². The predicted octanol–water partition coefficient (Wildman–Crippen LogP) is -0.481. The van der Waals surface area contributed by atoms with E-state index in [4.69, 9.17) is 0 Å². The Hall–Kier alpha value is -2.57. The summed E-state index contributed by atoms with van der Waals surface area (Å²) in [5.74, 6) is -3.27. The fraction of sp³-hybridized carbons (Fsp3) is 0.421. The van der Waals surface area contributed by atoms with Gasteiger partial charge in [-0.05, 0) is 26.3 Å². The highest BCUT2D eigenvalue weighted by molar-refractivity contribution is 7.85. The zero-order valence-electron chi connectivity index (χ0n) is 18.7. The van der Waals surface area contributed by atoms with Gasteiger partial charge in [-0.1, -0.05) is 34.8 Å². The van der Waals surface area contributed by atoms with Crippen LogP contribution in [0, 0.1) is 14.9 Å². The maximum atomic E-state index is 10.6. The number of carbonyl (C=O) groups excluding carboxylic acids is 3. The molecule has 0 aliphatic heterocycles. The topological polar surface area (TPSA) is 213 Å². The predicted molar refractivity (Wildman–Crippen MR) is 118 cm³/mol. The molecule has 14 heteroatoms. The summed E-state index contributed by atoms with van der Waals surface area (Å²) in [4.78, 5) is 50.8. The molecule has 0 radical (unpaired) electrons. The van der Waals surface area contributed by atoms with Crippen LogP contribution in [0.4, 0.5) is 0 Å². The van der Waals surface area contributed by atoms with Gasteiger partial charge in [-0.25, -0.2) is 18.0 Å². The van der Waals surface area contributed by atoms with Gasteiger partial charge in [-0.2, -0.15) is 0 Å². The molecule has 194 valence electrons. The monoisotopic (exact) mass is 516 g/mol. The summed E-state index contributed by atoms with van der Waals surface area (Å²) >= 11 is 0. The Balaban J connectivity index is -0.0000000832. The van der Waals surface area contributed by atoms with Gasteiger partial charge in [0.05, 0.1) is 28.4 Å². The molecule has 0 aromatic carbocycles. The first-order chi connectivity index (χ1) is 13.3. The van der Waals surface area contributed by atoms with Crippen LogP contribution >= 0.6 is 7.60 Å². The second-order valence-electron chi connectivity index (χ2n) is 5.50. The molecule has 0 unspecified atom stereocenters. The van der Waals surface area contributed by atoms with Gasteiger partial charge in [-0.3, -0.25) is 0 Å². The quantitative estimate of drug-likeness (QED) is 0.125. The molecule has 12 nitrogen and oxygen atoms in total. The third-order valence-electron chi connectivity index (χ3n) is 2.21. The Morgan fingerprint density at radius 2 is 1.15 bits per heavy atom. The third-order valence-corrected chi connectivity index (χ3v) is 3.61. The Labute approximate surface area is 196 Å². The summed E-state index contributed by atoms with van der Waals surface area (Å²) in [5, 5.41) is 9.49. The van der Waals surface area contributed by atoms with E-state index in [2.05, 4.69) is 29.2 Å². The summed E-state index contributed by atoms with van der Waals surface area (Å²) in [5.41, 5.74) is 0.398. The average Bonchev–Trinajstić information content (AvgIpc) is 2.53. The molecule has 0 saturated carbocycles. The van der Waals surface area contributed by atoms with E-state index in [0.717, 1.165) is 0 Å². The molecule has 33 heavy (non-hydrogen) atoms. The minimum Gasteiger partial charge on any atom is -0.811 e. The molecule has 0 aromatic rings. The largest absolute Gasteiger partial charge is 0.811 e. The maximum absolute atomic E-state index is 10.6. The number of ether oxygens (including phenoxy) is 2. The average molecular weight is 517 g/mol. The molecule has 0 fully saturated rings. The lowest BCUT2D eigenvalue weighted by molar-refractivity contribution is -0.313. The van der Waals surface area contributed by atoms with Crippen molar-refractivity contribution in [3.63, 3.8) is 0 Å². The molecular formula is C19H33O12PS-2. The van der Waals surface area contributed by atoms with E-state index in [1.165, 1.54) is 20.8 Å². The molecule has 0 heterocycles. The molecule has 0 amide bonds. The van der Waals surface area contributed by atoms with Gasteiger partial charge in [-0.15, -0.1) is 0 Å². The Morgan fingerprint density at radius 3 is 1.36 bits per heavy atom. The van der Waals surface area contributed by atoms with Crippen LogP contribution in [-0.4, -0.2) is 56.0 Å². The summed E-state index contributed by atoms with van der Waals surface area (Å²) in [6.07, 6.45) is -0.675. The van der Waals surface area contributed by atoms with Crippen molar-refractivity contribution in [1.29, 1.82) is 0 Å². The van der Waals surface area contributed by atoms with Crippen molar-refractivity contribution in [1.82, 2.24) is 0 Å². The van der Waals surface area contributed by atoms with Crippen LogP contribution in [0.15, 0.2) is 36.5 Å². The normalized spacial score (nSPS) is 9.27. The maximum Gasteiger partial charge on any atom is 0.333 e. The van der Waals surface area contributed by atoms with Gasteiger partial charge in [0.2, 0.25) is 0 Å². The van der Waals surface area contributed by atoms with E-state index >= 15 is 0 Å². The Kier molecular flexibility index (Phi) is 28.5. The molecule has 0 bridgehead atoms. The number of carbonyl (C=O) groups is 3. The number of rotatable bonds is 9. The van der Waals surface area contributed by atoms with Crippen LogP contribution in [-0.2, 0) is 38.5 Å². The van der Waals surface area contributed by atoms with Gasteiger partial charge in [0.1, 0.15) is 6.61 Å². The minimum atomic E-state index is -4.56. The fourth-order valence-corrected chi connectivity index (χ4v) is 1.34. The van der Waals surface area contributed by atoms with E-state index in [-0.39, 0.29) is 39.0 Å². The van der Waals surface area contributed by atoms with Crippen molar-refractivity contribution in [3.05, 3.63) is 51.3 Å². The van der Waals surface area contributed by atoms with Gasteiger partial charge < -0.3 is 38.3 Å². The van der Waals surface area contributed by atoms with Crippen molar-refractivity contribution in [2.24, 2.45) is 0 Å². The molecule has 0 aliphatic rings. The number of hydrogen-bond acceptors (Lipinski definition) is 12. The number of carboxylic acid groups (broad SMARTS) is 1. The first-order valence-corrected chi connectivity index (χ1v) is 11.1. The summed E-state index contributed by atoms with van der Waals surface area (Å²) in [7, 11) is -8.86. The second-order valence-corrected chi connectivity index (χ2v) is 8.69. The van der Waals surface area contributed by atoms with Crippen molar-refractivity contribution < 1.29 is 56.3 Å². The molecule has 0 saturated heterocycles. The number of hydrogen-bond donors (Lipinski definition) is 0. The Bertz CT molecular complexity index is 782. The zero-order chi connectivity index (χ0) is 24.7. The highest BCUT2D eigenvalue weighted by atomic mass is 32.2. The smallest absolute Gasteiger partial charge is 0.333 e. The molecule has 0 atom stereocenters. The first-order valence-electron chi connectivity index (χ1n) is 7.77. The standard InChI is InChI=1S/C6H11O5P.C6H10O5S.C4H6O2.CH4.2CH3/c2*1-5(2)6(7)11-3-4-12(8,9)10;1-3(2)4(5)6;;;/h1,3-4H2,2H3,(H2,8,9,10);1,3-4H2,2H3,(H,8,9,10);1H2,2H3,(H,5,6);1H4;2*1H3/q;;;;2*+1/p-4. The van der Waals surface area contributed by atoms with E-state index in [0.29, 0.717) is 0 Å². The Morgan fingerprint density at radius 1 is 0.848 bits per heavy atom. The summed E-state index contributed by atoms with van der Waals surface area (Å²) in [6, 6.07) is 0. The zero-order valence-corrected chi connectivity index (χ0v) is 20.4. The van der Waals surface area contributed by atoms with Crippen molar-refractivity contribution >= 4 is 35.6 Å². The summed E-state index contributed by atoms with van der Waals surface area (Å²) in [6.45, 7) is 13.0. The van der Waals surface area contributed by atoms with Crippen molar-refractivity contribution in [2.45, 2.75) is 28.2 Å². The van der Waals surface area contributed by atoms with Gasteiger partial charge in [0.15, 0.2) is 0 Å². The van der Waals surface area contributed by atoms with Crippen LogP contribution in [0.5, 0.6) is 0 Å². The molecule has 0 aromatic heterocycles. The fourth-order valence-electron chi connectivity index (χ4n) is 0.733. The highest BCUT2D eigenvalue weighted by Gasteiger charge is 2.04. The number of aliphatic carboxylic acids is 1. The lowest BCUT2D eigenvalue weighted by atomic mass is 10.4. The van der Waals surface area contributed by atoms with E-state index in [1.54, 1.807) is 0 Å². The SMILES string of the molecule is C.C=C(C)C(=O)OCCP(=O)([O-])[O-].C=C(C)C(=O)OCCS(=O)(=O)[O-].C=C(C)C(=O)[O-].[CH3+].[CH3+]. The number of carboxylic acids is 1. The molecular weight excluding hydrogens is 483 g/mol. The minimum absolute atomic E-state index is 0. The number of esters is 2. The van der Waals surface area contributed by atoms with Crippen LogP contribution < -0.4 is 14.9 Å². The lowest BCUT2D eigenvalue weighted by Gasteiger charge is -2.28.